The molecule has 3 heterocycles. The second-order valence-electron chi connectivity index (χ2n) is 11.6. The van der Waals surface area contributed by atoms with Crippen LogP contribution in [0.1, 0.15) is 84.0 Å². The number of ketones is 1. The molecule has 3 aromatic rings. The van der Waals surface area contributed by atoms with Gasteiger partial charge in [0.1, 0.15) is 5.82 Å². The van der Waals surface area contributed by atoms with E-state index in [0.717, 1.165) is 40.7 Å². The van der Waals surface area contributed by atoms with Crippen LogP contribution in [0.2, 0.25) is 0 Å². The van der Waals surface area contributed by atoms with Gasteiger partial charge in [-0.3, -0.25) is 9.79 Å². The average Bonchev–Trinajstić information content (AvgIpc) is 3.73. The Labute approximate surface area is 224 Å². The first-order valence-electron chi connectivity index (χ1n) is 14.2. The maximum Gasteiger partial charge on any atom is 0.194 e. The maximum atomic E-state index is 13.5. The number of Topliss-reactive ketones (excluding diaryl/α,β-unsaturated/α-hetero) is 1. The van der Waals surface area contributed by atoms with Crippen LogP contribution in [0.15, 0.2) is 53.2 Å². The molecule has 1 aromatic heterocycles. The fourth-order valence-electron chi connectivity index (χ4n) is 7.01. The highest BCUT2D eigenvalue weighted by Crippen LogP contribution is 2.36. The first-order chi connectivity index (χ1) is 18.5. The highest BCUT2D eigenvalue weighted by molar-refractivity contribution is 6.15. The van der Waals surface area contributed by atoms with Crippen molar-refractivity contribution < 1.29 is 4.79 Å². The predicted molar refractivity (Wildman–Crippen MR) is 153 cm³/mol. The van der Waals surface area contributed by atoms with Gasteiger partial charge in [-0.1, -0.05) is 31.0 Å². The second-order valence-corrected chi connectivity index (χ2v) is 11.6. The van der Waals surface area contributed by atoms with Gasteiger partial charge in [0.25, 0.3) is 0 Å². The Morgan fingerprint density at radius 1 is 0.974 bits per heavy atom. The van der Waals surface area contributed by atoms with Crippen molar-refractivity contribution in [3.05, 3.63) is 76.0 Å². The van der Waals surface area contributed by atoms with Gasteiger partial charge in [0.05, 0.1) is 23.1 Å². The van der Waals surface area contributed by atoms with Crippen LogP contribution in [0.4, 0.5) is 11.5 Å². The van der Waals surface area contributed by atoms with E-state index in [9.17, 15) is 4.79 Å². The van der Waals surface area contributed by atoms with E-state index in [0.29, 0.717) is 23.7 Å². The van der Waals surface area contributed by atoms with Gasteiger partial charge >= 0.3 is 0 Å². The van der Waals surface area contributed by atoms with Crippen LogP contribution < -0.4 is 5.73 Å². The molecule has 0 amide bonds. The lowest BCUT2D eigenvalue weighted by Gasteiger charge is -2.36. The van der Waals surface area contributed by atoms with Gasteiger partial charge in [-0.05, 0) is 98.1 Å². The predicted octanol–water partition coefficient (Wildman–Crippen LogP) is 6.05. The summed E-state index contributed by atoms with van der Waals surface area (Å²) in [6.07, 6.45) is 13.2. The number of benzene rings is 2. The van der Waals surface area contributed by atoms with Gasteiger partial charge in [0.2, 0.25) is 0 Å². The third kappa shape index (κ3) is 4.11. The molecule has 1 saturated heterocycles. The van der Waals surface area contributed by atoms with Crippen molar-refractivity contribution in [1.82, 2.24) is 14.7 Å². The van der Waals surface area contributed by atoms with Gasteiger partial charge in [-0.25, -0.2) is 4.68 Å². The number of nitrogens with two attached hydrogens (primary N) is 1. The highest BCUT2D eigenvalue weighted by atomic mass is 16.1. The van der Waals surface area contributed by atoms with Crippen LogP contribution in [0.3, 0.4) is 0 Å². The summed E-state index contributed by atoms with van der Waals surface area (Å²) in [4.78, 5) is 20.8. The monoisotopic (exact) mass is 505 g/mol. The number of fused-ring (bicyclic) bond motifs is 2. The van der Waals surface area contributed by atoms with Gasteiger partial charge in [0, 0.05) is 30.2 Å². The van der Waals surface area contributed by atoms with Crippen molar-refractivity contribution in [2.45, 2.75) is 70.3 Å². The number of aliphatic imine (C=N–C) groups is 1. The number of rotatable bonds is 5. The molecule has 0 unspecified atom stereocenters. The molecule has 194 valence electrons. The lowest BCUT2D eigenvalue weighted by Crippen LogP contribution is -2.39. The Kier molecular flexibility index (Phi) is 5.81. The molecule has 4 aliphatic rings. The van der Waals surface area contributed by atoms with E-state index in [2.05, 4.69) is 45.3 Å². The van der Waals surface area contributed by atoms with Gasteiger partial charge in [0.15, 0.2) is 5.78 Å². The van der Waals surface area contributed by atoms with Crippen molar-refractivity contribution in [1.29, 1.82) is 0 Å². The summed E-state index contributed by atoms with van der Waals surface area (Å²) in [5, 5.41) is 4.48. The second kappa shape index (κ2) is 9.35. The Morgan fingerprint density at radius 3 is 2.61 bits per heavy atom. The zero-order valence-electron chi connectivity index (χ0n) is 22.1. The molecule has 2 aromatic carbocycles. The summed E-state index contributed by atoms with van der Waals surface area (Å²) >= 11 is 0. The Bertz CT molecular complexity index is 1480. The summed E-state index contributed by atoms with van der Waals surface area (Å²) in [6.45, 7) is 4.47. The number of piperidine rings is 1. The summed E-state index contributed by atoms with van der Waals surface area (Å²) in [7, 11) is 0. The molecule has 2 aliphatic heterocycles. The number of anilines is 1. The average molecular weight is 506 g/mol. The quantitative estimate of drug-likeness (QED) is 0.429. The summed E-state index contributed by atoms with van der Waals surface area (Å²) < 4.78 is 1.67. The summed E-state index contributed by atoms with van der Waals surface area (Å²) in [6, 6.07) is 13.7. The Balaban J connectivity index is 1.07. The van der Waals surface area contributed by atoms with Crippen LogP contribution in [0, 0.1) is 0 Å². The number of hydrogen-bond donors (Lipinski definition) is 1. The maximum absolute atomic E-state index is 13.5. The van der Waals surface area contributed by atoms with Crippen molar-refractivity contribution >= 4 is 29.1 Å². The number of nitrogens with zero attached hydrogens (tertiary/aromatic N) is 4. The molecule has 2 N–H and O–H groups in total. The molecular weight excluding hydrogens is 470 g/mol. The summed E-state index contributed by atoms with van der Waals surface area (Å²) in [5.41, 5.74) is 15.7. The van der Waals surface area contributed by atoms with E-state index in [-0.39, 0.29) is 5.78 Å². The zero-order valence-corrected chi connectivity index (χ0v) is 22.1. The largest absolute Gasteiger partial charge is 0.383 e. The first kappa shape index (κ1) is 23.6. The molecule has 0 radical (unpaired) electrons. The zero-order chi connectivity index (χ0) is 25.8. The molecule has 0 atom stereocenters. The SMILES string of the molecule is CC1=Nc2ccc(-n3ncc(C(=O)C4=Cc5cc(C6CCN(C7CCCC7)CC6)ccc5C4)c3N)cc2C1. The van der Waals surface area contributed by atoms with E-state index >= 15 is 0 Å². The standard InChI is InChI=1S/C32H35N5O/c1-20-14-25-18-28(8-9-30(25)35-20)37-32(33)29(19-34-37)31(38)26-16-23-7-6-22(15-24(23)17-26)21-10-12-36(13-11-21)27-4-2-3-5-27/h6-9,15,17-19,21,27H,2-5,10-14,16,33H2,1H3. The summed E-state index contributed by atoms with van der Waals surface area (Å²) in [5.74, 6) is 0.968. The van der Waals surface area contributed by atoms with Crippen molar-refractivity contribution in [2.24, 2.45) is 4.99 Å². The lowest BCUT2D eigenvalue weighted by atomic mass is 9.87. The van der Waals surface area contributed by atoms with Crippen molar-refractivity contribution in [3.63, 3.8) is 0 Å². The molecule has 6 heteroatoms. The Hall–Kier alpha value is -3.51. The molecule has 0 bridgehead atoms. The number of allylic oxidation sites excluding steroid dienone is 1. The minimum Gasteiger partial charge on any atom is -0.383 e. The van der Waals surface area contributed by atoms with Gasteiger partial charge < -0.3 is 10.6 Å². The molecule has 38 heavy (non-hydrogen) atoms. The number of hydrogen-bond acceptors (Lipinski definition) is 5. The number of likely N-dealkylation sites (tertiary alicyclic amines) is 1. The normalized spacial score (nSPS) is 19.9. The number of carbonyl (C=O) groups is 1. The van der Waals surface area contributed by atoms with Gasteiger partial charge in [-0.2, -0.15) is 5.10 Å². The van der Waals surface area contributed by atoms with Crippen LogP contribution in [-0.4, -0.2) is 45.3 Å². The van der Waals surface area contributed by atoms with Gasteiger partial charge in [-0.15, -0.1) is 0 Å². The smallest absolute Gasteiger partial charge is 0.194 e. The molecule has 2 aliphatic carbocycles. The molecule has 2 fully saturated rings. The van der Waals surface area contributed by atoms with E-state index in [1.54, 1.807) is 10.9 Å². The topological polar surface area (TPSA) is 76.5 Å². The van der Waals surface area contributed by atoms with Crippen molar-refractivity contribution in [3.8, 4) is 5.69 Å². The van der Waals surface area contributed by atoms with Crippen LogP contribution in [0.25, 0.3) is 11.8 Å². The highest BCUT2D eigenvalue weighted by Gasteiger charge is 2.29. The minimum absolute atomic E-state index is 0.0308. The number of carbonyl (C=O) groups excluding carboxylic acids is 1. The van der Waals surface area contributed by atoms with E-state index in [1.165, 1.54) is 68.3 Å². The van der Waals surface area contributed by atoms with Crippen LogP contribution in [-0.2, 0) is 12.8 Å². The Morgan fingerprint density at radius 2 is 1.79 bits per heavy atom. The lowest BCUT2D eigenvalue weighted by molar-refractivity contribution is 0.103. The first-order valence-corrected chi connectivity index (χ1v) is 14.2. The fraction of sp³-hybridized carbons (Fsp3) is 0.406. The van der Waals surface area contributed by atoms with E-state index in [4.69, 9.17) is 5.73 Å². The molecular formula is C32H35N5O. The van der Waals surface area contributed by atoms with E-state index in [1.807, 2.05) is 19.1 Å². The molecule has 6 nitrogen and oxygen atoms in total. The molecule has 1 saturated carbocycles. The third-order valence-electron chi connectivity index (χ3n) is 9.13. The molecule has 0 spiro atoms. The third-order valence-corrected chi connectivity index (χ3v) is 9.13. The fourth-order valence-corrected chi connectivity index (χ4v) is 7.01. The number of nitrogen functional groups attached to an aromatic ring is 1. The number of aromatic nitrogens is 2. The van der Waals surface area contributed by atoms with E-state index < -0.39 is 0 Å². The molecule has 7 rings (SSSR count). The van der Waals surface area contributed by atoms with Crippen LogP contribution in [0.5, 0.6) is 0 Å². The minimum atomic E-state index is -0.0308. The van der Waals surface area contributed by atoms with Crippen molar-refractivity contribution in [2.75, 3.05) is 18.8 Å². The van der Waals surface area contributed by atoms with Crippen LogP contribution >= 0.6 is 0 Å².